The number of anilines is 2. The van der Waals surface area contributed by atoms with Crippen LogP contribution in [0.25, 0.3) is 10.9 Å². The van der Waals surface area contributed by atoms with E-state index in [0.717, 1.165) is 10.6 Å². The molecule has 3 aromatic rings. The third-order valence-corrected chi connectivity index (χ3v) is 3.61. The second-order valence-corrected chi connectivity index (χ2v) is 5.62. The van der Waals surface area contributed by atoms with Gasteiger partial charge in [-0.1, -0.05) is 12.1 Å². The lowest BCUT2D eigenvalue weighted by molar-refractivity contribution is -0.117. The van der Waals surface area contributed by atoms with Crippen LogP contribution >= 0.6 is 0 Å². The number of rotatable bonds is 4. The highest BCUT2D eigenvalue weighted by atomic mass is 19.1. The summed E-state index contributed by atoms with van der Waals surface area (Å²) in [7, 11) is 0. The third kappa shape index (κ3) is 3.75. The molecule has 2 aromatic carbocycles. The Morgan fingerprint density at radius 3 is 2.69 bits per heavy atom. The molecular formula is C18H15FN4O3. The predicted molar refractivity (Wildman–Crippen MR) is 95.3 cm³/mol. The van der Waals surface area contributed by atoms with Gasteiger partial charge in [0.2, 0.25) is 11.8 Å². The van der Waals surface area contributed by atoms with Crippen LogP contribution in [0.4, 0.5) is 15.8 Å². The van der Waals surface area contributed by atoms with Crippen LogP contribution in [0.1, 0.15) is 6.92 Å². The fourth-order valence-corrected chi connectivity index (χ4v) is 2.47. The van der Waals surface area contributed by atoms with Crippen LogP contribution < -0.4 is 16.2 Å². The van der Waals surface area contributed by atoms with Gasteiger partial charge in [0.15, 0.2) is 0 Å². The Morgan fingerprint density at radius 2 is 1.92 bits per heavy atom. The van der Waals surface area contributed by atoms with E-state index in [9.17, 15) is 18.8 Å². The van der Waals surface area contributed by atoms with Crippen LogP contribution in [0.3, 0.4) is 0 Å². The van der Waals surface area contributed by atoms with Crippen LogP contribution in [0.5, 0.6) is 0 Å². The number of nitrogens with one attached hydrogen (secondary N) is 2. The van der Waals surface area contributed by atoms with Crippen molar-refractivity contribution in [3.8, 4) is 0 Å². The smallest absolute Gasteiger partial charge is 0.261 e. The van der Waals surface area contributed by atoms with Gasteiger partial charge < -0.3 is 10.6 Å². The maximum absolute atomic E-state index is 13.9. The molecule has 2 N–H and O–H groups in total. The zero-order valence-electron chi connectivity index (χ0n) is 13.8. The van der Waals surface area contributed by atoms with E-state index in [2.05, 4.69) is 15.6 Å². The lowest BCUT2D eigenvalue weighted by Gasteiger charge is -2.10. The van der Waals surface area contributed by atoms with E-state index in [1.54, 1.807) is 24.3 Å². The minimum Gasteiger partial charge on any atom is -0.326 e. The number of benzene rings is 2. The number of fused-ring (bicyclic) bond motifs is 1. The van der Waals surface area contributed by atoms with Crippen molar-refractivity contribution in [3.05, 3.63) is 65.0 Å². The van der Waals surface area contributed by atoms with E-state index in [0.29, 0.717) is 16.6 Å². The average Bonchev–Trinajstić information content (AvgIpc) is 2.60. The first-order chi connectivity index (χ1) is 12.4. The third-order valence-electron chi connectivity index (χ3n) is 3.61. The lowest BCUT2D eigenvalue weighted by atomic mass is 10.2. The molecule has 0 saturated carbocycles. The SMILES string of the molecule is CC(=O)Nc1ccc(F)c(NC(=O)Cn2cnc3ccccc3c2=O)c1. The van der Waals surface area contributed by atoms with Gasteiger partial charge in [0.05, 0.1) is 22.9 Å². The van der Waals surface area contributed by atoms with Gasteiger partial charge in [-0.05, 0) is 30.3 Å². The molecule has 132 valence electrons. The normalized spacial score (nSPS) is 10.5. The fourth-order valence-electron chi connectivity index (χ4n) is 2.47. The van der Waals surface area contributed by atoms with Crippen LogP contribution in [-0.2, 0) is 16.1 Å². The number of halogens is 1. The van der Waals surface area contributed by atoms with Crippen LogP contribution in [0.15, 0.2) is 53.6 Å². The second kappa shape index (κ2) is 7.14. The Kier molecular flexibility index (Phi) is 4.74. The van der Waals surface area contributed by atoms with Gasteiger partial charge in [0.1, 0.15) is 12.4 Å². The number of para-hydroxylation sites is 1. The molecule has 8 heteroatoms. The van der Waals surface area contributed by atoms with Gasteiger partial charge in [-0.2, -0.15) is 0 Å². The fraction of sp³-hybridized carbons (Fsp3) is 0.111. The van der Waals surface area contributed by atoms with Crippen molar-refractivity contribution < 1.29 is 14.0 Å². The van der Waals surface area contributed by atoms with Crippen molar-refractivity contribution in [2.24, 2.45) is 0 Å². The molecule has 1 heterocycles. The van der Waals surface area contributed by atoms with Crippen molar-refractivity contribution in [1.82, 2.24) is 9.55 Å². The minimum absolute atomic E-state index is 0.0944. The summed E-state index contributed by atoms with van der Waals surface area (Å²) in [6, 6.07) is 10.6. The molecule has 0 aliphatic heterocycles. The molecule has 1 aromatic heterocycles. The van der Waals surface area contributed by atoms with Crippen LogP contribution in [-0.4, -0.2) is 21.4 Å². The van der Waals surface area contributed by atoms with Crippen molar-refractivity contribution in [1.29, 1.82) is 0 Å². The summed E-state index contributed by atoms with van der Waals surface area (Å²) in [6.07, 6.45) is 1.27. The highest BCUT2D eigenvalue weighted by molar-refractivity contribution is 5.93. The number of carbonyl (C=O) groups excluding carboxylic acids is 2. The first kappa shape index (κ1) is 17.3. The molecule has 0 spiro atoms. The highest BCUT2D eigenvalue weighted by Crippen LogP contribution is 2.19. The van der Waals surface area contributed by atoms with Gasteiger partial charge in [-0.25, -0.2) is 9.37 Å². The van der Waals surface area contributed by atoms with Gasteiger partial charge in [-0.15, -0.1) is 0 Å². The Morgan fingerprint density at radius 1 is 1.15 bits per heavy atom. The molecule has 7 nitrogen and oxygen atoms in total. The number of hydrogen-bond acceptors (Lipinski definition) is 4. The largest absolute Gasteiger partial charge is 0.326 e. The summed E-state index contributed by atoms with van der Waals surface area (Å²) in [5.74, 6) is -1.57. The first-order valence-electron chi connectivity index (χ1n) is 7.75. The molecule has 0 unspecified atom stereocenters. The van der Waals surface area contributed by atoms with E-state index in [4.69, 9.17) is 0 Å². The van der Waals surface area contributed by atoms with Crippen molar-refractivity contribution in [3.63, 3.8) is 0 Å². The summed E-state index contributed by atoms with van der Waals surface area (Å²) in [6.45, 7) is 1.00. The Labute approximate surface area is 147 Å². The van der Waals surface area contributed by atoms with Crippen LogP contribution in [0.2, 0.25) is 0 Å². The molecular weight excluding hydrogens is 339 g/mol. The molecule has 0 aliphatic rings. The van der Waals surface area contributed by atoms with Gasteiger partial charge in [0.25, 0.3) is 5.56 Å². The molecule has 0 atom stereocenters. The van der Waals surface area contributed by atoms with E-state index >= 15 is 0 Å². The quantitative estimate of drug-likeness (QED) is 0.751. The topological polar surface area (TPSA) is 93.1 Å². The molecule has 0 aliphatic carbocycles. The van der Waals surface area contributed by atoms with E-state index < -0.39 is 11.7 Å². The highest BCUT2D eigenvalue weighted by Gasteiger charge is 2.11. The maximum atomic E-state index is 13.9. The standard InChI is InChI=1S/C18H15FN4O3/c1-11(24)21-12-6-7-14(19)16(8-12)22-17(25)9-23-10-20-15-5-3-2-4-13(15)18(23)26/h2-8,10H,9H2,1H3,(H,21,24)(H,22,25). The van der Waals surface area contributed by atoms with Crippen molar-refractivity contribution >= 4 is 34.1 Å². The summed E-state index contributed by atoms with van der Waals surface area (Å²) in [5, 5.41) is 5.29. The molecule has 2 amide bonds. The van der Waals surface area contributed by atoms with Crippen molar-refractivity contribution in [2.75, 3.05) is 10.6 Å². The van der Waals surface area contributed by atoms with Crippen LogP contribution in [0, 0.1) is 5.82 Å². The Hall–Kier alpha value is -3.55. The molecule has 26 heavy (non-hydrogen) atoms. The number of aromatic nitrogens is 2. The van der Waals surface area contributed by atoms with E-state index in [1.165, 1.54) is 25.4 Å². The Bertz CT molecular complexity index is 1060. The monoisotopic (exact) mass is 354 g/mol. The van der Waals surface area contributed by atoms with Gasteiger partial charge >= 0.3 is 0 Å². The van der Waals surface area contributed by atoms with Gasteiger partial charge in [0, 0.05) is 12.6 Å². The van der Waals surface area contributed by atoms with E-state index in [-0.39, 0.29) is 23.7 Å². The maximum Gasteiger partial charge on any atom is 0.261 e. The minimum atomic E-state index is -0.656. The number of carbonyl (C=O) groups is 2. The summed E-state index contributed by atoms with van der Waals surface area (Å²) in [5.41, 5.74) is 0.420. The summed E-state index contributed by atoms with van der Waals surface area (Å²) < 4.78 is 15.0. The average molecular weight is 354 g/mol. The number of nitrogens with zero attached hydrogens (tertiary/aromatic N) is 2. The van der Waals surface area contributed by atoms with Gasteiger partial charge in [-0.3, -0.25) is 19.0 Å². The summed E-state index contributed by atoms with van der Waals surface area (Å²) in [4.78, 5) is 39.8. The second-order valence-electron chi connectivity index (χ2n) is 5.62. The molecule has 0 radical (unpaired) electrons. The number of amides is 2. The zero-order valence-corrected chi connectivity index (χ0v) is 13.8. The predicted octanol–water partition coefficient (Wildman–Crippen LogP) is 2.13. The molecule has 0 bridgehead atoms. The van der Waals surface area contributed by atoms with Crippen molar-refractivity contribution in [2.45, 2.75) is 13.5 Å². The molecule has 0 saturated heterocycles. The lowest BCUT2D eigenvalue weighted by Crippen LogP contribution is -2.28. The summed E-state index contributed by atoms with van der Waals surface area (Å²) >= 11 is 0. The first-order valence-corrected chi connectivity index (χ1v) is 7.75. The Balaban J connectivity index is 1.80. The molecule has 0 fully saturated rings. The molecule has 3 rings (SSSR count). The van der Waals surface area contributed by atoms with E-state index in [1.807, 2.05) is 0 Å². The number of hydrogen-bond donors (Lipinski definition) is 2. The zero-order chi connectivity index (χ0) is 18.7.